The third kappa shape index (κ3) is 48.6. The molecule has 7 aromatic carbocycles. The molecule has 5 N–H and O–H groups in total. The lowest BCUT2D eigenvalue weighted by atomic mass is 10.1. The van der Waals surface area contributed by atoms with E-state index in [1.165, 1.54) is 58.9 Å². The van der Waals surface area contributed by atoms with E-state index in [2.05, 4.69) is 133 Å². The third-order valence-electron chi connectivity index (χ3n) is 16.6. The van der Waals surface area contributed by atoms with Crippen LogP contribution in [0.25, 0.3) is 0 Å². The normalized spacial score (nSPS) is 12.5. The fraction of sp³-hybridized carbons (Fsp3) is 0.449. The van der Waals surface area contributed by atoms with Crippen molar-refractivity contribution in [2.75, 3.05) is 99.6 Å². The summed E-state index contributed by atoms with van der Waals surface area (Å²) in [5.41, 5.74) is -1.36. The number of aliphatic carboxylic acids is 1. The minimum Gasteiger partial charge on any atom is -0.507 e. The predicted octanol–water partition coefficient (Wildman–Crippen LogP) is 24.4. The third-order valence-corrected chi connectivity index (χ3v) is 20.8. The number of aliphatic hydroxyl groups excluding tert-OH is 3. The maximum atomic E-state index is 13.6. The van der Waals surface area contributed by atoms with Gasteiger partial charge in [-0.25, -0.2) is 92.6 Å². The molecule has 0 fully saturated rings. The molecule has 0 radical (unpaired) electrons. The maximum Gasteiger partial charge on any atom is 0.347 e. The monoisotopic (exact) mass is 2450 g/mol. The number of carboxylic acid groups (broad SMARTS) is 1. The number of hydrogen-bond acceptors (Lipinski definition) is 21. The second kappa shape index (κ2) is 66.0. The molecule has 0 aliphatic carbocycles. The van der Waals surface area contributed by atoms with Gasteiger partial charge in [-0.1, -0.05) is 26.7 Å². The van der Waals surface area contributed by atoms with Gasteiger partial charge in [-0.3, -0.25) is 28.8 Å². The Morgan fingerprint density at radius 1 is 0.341 bits per heavy atom. The Bertz CT molecular complexity index is 5020. The number of halogens is 27. The number of Topliss-reactive ketones (excluding diaryl/α,β-unsaturated/α-hetero) is 4. The molecule has 774 valence electrons. The number of aromatic hydroxyl groups is 1. The van der Waals surface area contributed by atoms with Gasteiger partial charge in [0.15, 0.2) is 41.4 Å². The number of ketones is 4. The lowest BCUT2D eigenvalue weighted by Crippen LogP contribution is -2.30. The molecule has 7 rings (SSSR count). The van der Waals surface area contributed by atoms with Gasteiger partial charge < -0.3 is 72.9 Å². The van der Waals surface area contributed by atoms with E-state index < -0.39 is 220 Å². The molecule has 0 amide bonds. The summed E-state index contributed by atoms with van der Waals surface area (Å²) in [5, 5.41) is 43.9. The van der Waals surface area contributed by atoms with Crippen molar-refractivity contribution in [3.05, 3.63) is 196 Å². The standard InChI is InChI=1S/C15H19BrF2O3.C13H13BrF4O3.C13H13BrF2O4.C11H9BrF4O3.C11H11BrF4O2.C11H11BrF2O3.C8H6BrFO2.C7H15FO2/c1-3-4-5-20-9-11(8-17)21-15-7-14(18)13(16)6-12(15)10(2)19;1-7(19)20-6-8(5-15)21-12-4-11(16)10(14)3-9(12)13(2,17)18;1-7(17)10-3-11(14)12(16)4-13(10)20-9(5-15)6-19-8(2)18;1-11(15,16)5-2-6(12)7(14)3-8(5)19-9(4-13)10(17)18;1-11(15,16)7-2-8(12)9(14)3-10(7)18-6(4-13)5-17;1-6(16)8-2-9(12)10(14)3-11(8)17-7(4-13)5-15;1-4(11)5-2-6(9)7(10)3-8(5)12;1-2-3-4-10-6-7(9)5-8/h6-7,11H,3-5,8-9H2,1-2H3;3-4,8H,5-6H2,1-2H3;3-4,9H,5-6H2,1-2H3;2-3,9H,4H2,1H3,(H,17,18);2-3,6,17H,4-5H2,1H3;2-3,7,15H,4-5H2,1H3;2-3,12H,1H3;7,9H,2-6H2,1H3/t11-;8-;2*9-;6-;7-;;/m000000../s1. The van der Waals surface area contributed by atoms with Crippen molar-refractivity contribution in [2.24, 2.45) is 0 Å². The molecular weight excluding hydrogens is 2360 g/mol. The van der Waals surface area contributed by atoms with Crippen molar-refractivity contribution < 1.29 is 194 Å². The fourth-order valence-electron chi connectivity index (χ4n) is 9.59. The summed E-state index contributed by atoms with van der Waals surface area (Å²) in [4.78, 5) is 77.1. The molecular formula is C89H97Br7F20O22. The summed E-state index contributed by atoms with van der Waals surface area (Å²) >= 11 is 20.1. The summed E-state index contributed by atoms with van der Waals surface area (Å²) < 4.78 is 310. The van der Waals surface area contributed by atoms with E-state index in [4.69, 9.17) is 58.7 Å². The molecule has 49 heteroatoms. The number of unbranched alkanes of at least 4 members (excludes halogenated alkanes) is 2. The van der Waals surface area contributed by atoms with Crippen molar-refractivity contribution in [2.45, 2.75) is 162 Å². The minimum absolute atomic E-state index is 0.0324. The topological polar surface area (TPSA) is 313 Å². The highest BCUT2D eigenvalue weighted by atomic mass is 79.9. The van der Waals surface area contributed by atoms with Gasteiger partial charge in [0.1, 0.15) is 159 Å². The number of ether oxygens (including phenoxy) is 10. The summed E-state index contributed by atoms with van der Waals surface area (Å²) in [5.74, 6) is -21.3. The zero-order chi connectivity index (χ0) is 106. The second-order valence-electron chi connectivity index (χ2n) is 28.5. The first-order valence-corrected chi connectivity index (χ1v) is 45.6. The number of carbonyl (C=O) groups is 7. The van der Waals surface area contributed by atoms with Crippen LogP contribution in [0.3, 0.4) is 0 Å². The Balaban J connectivity index is 0.00000157. The molecule has 0 heterocycles. The van der Waals surface area contributed by atoms with E-state index in [0.717, 1.165) is 87.2 Å². The Morgan fingerprint density at radius 3 is 0.841 bits per heavy atom. The zero-order valence-corrected chi connectivity index (χ0v) is 86.0. The van der Waals surface area contributed by atoms with Gasteiger partial charge in [0.2, 0.25) is 6.10 Å². The highest BCUT2D eigenvalue weighted by Crippen LogP contribution is 2.42. The molecule has 0 spiro atoms. The van der Waals surface area contributed by atoms with E-state index >= 15 is 0 Å². The predicted molar refractivity (Wildman–Crippen MR) is 490 cm³/mol. The van der Waals surface area contributed by atoms with E-state index in [1.54, 1.807) is 0 Å². The highest BCUT2D eigenvalue weighted by Gasteiger charge is 2.36. The number of phenols is 1. The van der Waals surface area contributed by atoms with Gasteiger partial charge in [0.25, 0.3) is 17.8 Å². The van der Waals surface area contributed by atoms with Crippen molar-refractivity contribution in [3.63, 3.8) is 0 Å². The fourth-order valence-corrected chi connectivity index (χ4v) is 12.0. The van der Waals surface area contributed by atoms with Crippen molar-refractivity contribution in [3.8, 4) is 40.2 Å². The average molecular weight is 2460 g/mol. The van der Waals surface area contributed by atoms with E-state index in [9.17, 15) is 121 Å². The number of carbonyl (C=O) groups excluding carboxylic acids is 6. The quantitative estimate of drug-likeness (QED) is 0.0103. The van der Waals surface area contributed by atoms with Gasteiger partial charge in [-0.2, -0.15) is 0 Å². The minimum atomic E-state index is -3.40. The molecule has 7 atom stereocenters. The number of hydrogen-bond donors (Lipinski definition) is 5. The molecule has 0 aliphatic rings. The number of phenolic OH excluding ortho intramolecular Hbond substituents is 1. The molecule has 0 aromatic heterocycles. The van der Waals surface area contributed by atoms with Gasteiger partial charge in [-0.15, -0.1) is 0 Å². The van der Waals surface area contributed by atoms with Crippen molar-refractivity contribution in [1.82, 2.24) is 0 Å². The smallest absolute Gasteiger partial charge is 0.347 e. The summed E-state index contributed by atoms with van der Waals surface area (Å²) in [7, 11) is 0. The molecule has 0 saturated carbocycles. The molecule has 138 heavy (non-hydrogen) atoms. The number of benzene rings is 7. The number of alkyl halides is 13. The number of aliphatic hydroxyl groups is 3. The van der Waals surface area contributed by atoms with Gasteiger partial charge in [0.05, 0.1) is 96.7 Å². The molecule has 0 bridgehead atoms. The SMILES string of the molecule is CC(=O)OC[C@H](CF)Oc1cc(F)c(Br)cc1C(C)(F)F.CC(=O)OC[C@H](CF)Oc1cc(F)c(Br)cc1C(C)=O.CC(=O)c1cc(Br)c(F)cc1O.CC(=O)c1cc(Br)c(F)cc1O[C@H](CO)CF.CC(F)(F)c1cc(Br)c(F)cc1O[C@@H](CF)C(=O)O.CC(F)(F)c1cc(Br)c(F)cc1O[C@H](CO)CF.CCCCOCC(O)CF.CCCCOC[C@H](CF)Oc1cc(F)c(Br)cc1C(C)=O. The van der Waals surface area contributed by atoms with Crippen LogP contribution in [-0.2, 0) is 51.1 Å². The molecule has 22 nitrogen and oxygen atoms in total. The van der Waals surface area contributed by atoms with Crippen LogP contribution in [0.5, 0.6) is 40.2 Å². The van der Waals surface area contributed by atoms with Crippen molar-refractivity contribution in [1.29, 1.82) is 0 Å². The van der Waals surface area contributed by atoms with Crippen LogP contribution in [0.2, 0.25) is 0 Å². The van der Waals surface area contributed by atoms with Gasteiger partial charge in [0, 0.05) is 90.3 Å². The maximum absolute atomic E-state index is 13.6. The molecule has 1 unspecified atom stereocenters. The van der Waals surface area contributed by atoms with Crippen LogP contribution in [0.1, 0.15) is 160 Å². The highest BCUT2D eigenvalue weighted by molar-refractivity contribution is 9.11. The Hall–Kier alpha value is -8.01. The first kappa shape index (κ1) is 130. The van der Waals surface area contributed by atoms with Gasteiger partial charge >= 0.3 is 17.9 Å². The van der Waals surface area contributed by atoms with Crippen molar-refractivity contribution >= 4 is 153 Å². The first-order chi connectivity index (χ1) is 64.3. The number of rotatable bonds is 43. The van der Waals surface area contributed by atoms with Crippen LogP contribution in [0.15, 0.2) is 116 Å². The van der Waals surface area contributed by atoms with Crippen LogP contribution in [0, 0.1) is 40.7 Å². The molecule has 7 aromatic rings. The zero-order valence-electron chi connectivity index (χ0n) is 74.9. The van der Waals surface area contributed by atoms with Crippen LogP contribution >= 0.6 is 112 Å². The van der Waals surface area contributed by atoms with Crippen LogP contribution in [-0.4, -0.2) is 209 Å². The van der Waals surface area contributed by atoms with E-state index in [0.29, 0.717) is 40.1 Å². The summed E-state index contributed by atoms with van der Waals surface area (Å²) in [6, 6.07) is 13.6. The summed E-state index contributed by atoms with van der Waals surface area (Å²) in [6.45, 7) is 5.69. The van der Waals surface area contributed by atoms with Crippen LogP contribution in [0.4, 0.5) is 87.8 Å². The van der Waals surface area contributed by atoms with E-state index in [-0.39, 0.29) is 120 Å². The Kier molecular flexibility index (Phi) is 62.1. The molecule has 0 saturated heterocycles. The van der Waals surface area contributed by atoms with Gasteiger partial charge in [-0.05, 0) is 195 Å². The second-order valence-corrected chi connectivity index (χ2v) is 34.4. The largest absolute Gasteiger partial charge is 0.507 e. The Labute approximate surface area is 839 Å². The lowest BCUT2D eigenvalue weighted by Gasteiger charge is -2.21. The first-order valence-electron chi connectivity index (χ1n) is 40.0. The number of esters is 2. The average Bonchev–Trinajstić information content (AvgIpc) is 0.805. The lowest BCUT2D eigenvalue weighted by molar-refractivity contribution is -0.146. The van der Waals surface area contributed by atoms with E-state index in [1.807, 2.05) is 6.92 Å². The Morgan fingerprint density at radius 2 is 0.587 bits per heavy atom. The molecule has 0 aliphatic heterocycles. The van der Waals surface area contributed by atoms with Crippen LogP contribution < -0.4 is 28.4 Å². The number of carboxylic acids is 1. The summed E-state index contributed by atoms with van der Waals surface area (Å²) in [6.07, 6.45) is -4.67.